The molecular formula is C11H11NO2S. The smallest absolute Gasteiger partial charge is 0.258 e. The summed E-state index contributed by atoms with van der Waals surface area (Å²) in [6, 6.07) is 5.00. The number of aryl methyl sites for hydroxylation is 1. The van der Waals surface area contributed by atoms with E-state index in [-0.39, 0.29) is 10.6 Å². The molecular weight excluding hydrogens is 210 g/mol. The molecule has 1 rings (SSSR count). The molecule has 0 unspecified atom stereocenters. The van der Waals surface area contributed by atoms with Gasteiger partial charge in [-0.15, -0.1) is 0 Å². The van der Waals surface area contributed by atoms with E-state index in [9.17, 15) is 10.1 Å². The van der Waals surface area contributed by atoms with E-state index in [1.54, 1.807) is 19.1 Å². The molecule has 0 atom stereocenters. The molecule has 0 saturated heterocycles. The number of benzene rings is 1. The topological polar surface area (TPSA) is 43.1 Å². The molecule has 1 aromatic carbocycles. The van der Waals surface area contributed by atoms with E-state index in [0.29, 0.717) is 23.3 Å². The lowest BCUT2D eigenvalue weighted by Crippen LogP contribution is -1.92. The first-order chi connectivity index (χ1) is 7.15. The Morgan fingerprint density at radius 2 is 2.27 bits per heavy atom. The second-order valence-electron chi connectivity index (χ2n) is 3.03. The van der Waals surface area contributed by atoms with Crippen molar-refractivity contribution >= 4 is 18.3 Å². The molecule has 0 bridgehead atoms. The summed E-state index contributed by atoms with van der Waals surface area (Å²) in [6.45, 7) is 1.71. The van der Waals surface area contributed by atoms with Crippen LogP contribution in [0.1, 0.15) is 17.5 Å². The zero-order chi connectivity index (χ0) is 11.3. The van der Waals surface area contributed by atoms with E-state index in [4.69, 9.17) is 0 Å². The van der Waals surface area contributed by atoms with Crippen LogP contribution >= 0.6 is 12.6 Å². The molecule has 0 aliphatic rings. The zero-order valence-electron chi connectivity index (χ0n) is 8.36. The van der Waals surface area contributed by atoms with Gasteiger partial charge in [-0.3, -0.25) is 10.1 Å². The van der Waals surface area contributed by atoms with Gasteiger partial charge in [0.1, 0.15) is 0 Å². The van der Waals surface area contributed by atoms with Crippen LogP contribution < -0.4 is 0 Å². The summed E-state index contributed by atoms with van der Waals surface area (Å²) in [5.41, 5.74) is 1.45. The lowest BCUT2D eigenvalue weighted by molar-refractivity contribution is -0.385. The summed E-state index contributed by atoms with van der Waals surface area (Å²) in [6.07, 6.45) is 0.685. The second kappa shape index (κ2) is 5.42. The van der Waals surface area contributed by atoms with Gasteiger partial charge in [-0.2, -0.15) is 12.6 Å². The largest absolute Gasteiger partial charge is 0.273 e. The highest BCUT2D eigenvalue weighted by Crippen LogP contribution is 2.18. The monoisotopic (exact) mass is 221 g/mol. The average molecular weight is 221 g/mol. The van der Waals surface area contributed by atoms with Crippen LogP contribution in [0.2, 0.25) is 0 Å². The van der Waals surface area contributed by atoms with Crippen molar-refractivity contribution in [3.63, 3.8) is 0 Å². The molecule has 0 N–H and O–H groups in total. The van der Waals surface area contributed by atoms with Crippen molar-refractivity contribution in [1.29, 1.82) is 0 Å². The molecule has 0 fully saturated rings. The maximum Gasteiger partial charge on any atom is 0.273 e. The first-order valence-corrected chi connectivity index (χ1v) is 5.13. The van der Waals surface area contributed by atoms with E-state index in [2.05, 4.69) is 24.5 Å². The van der Waals surface area contributed by atoms with Crippen LogP contribution in [0.3, 0.4) is 0 Å². The molecule has 1 aromatic rings. The summed E-state index contributed by atoms with van der Waals surface area (Å²) in [5.74, 6) is 6.45. The molecule has 78 valence electrons. The van der Waals surface area contributed by atoms with Crippen LogP contribution in [0, 0.1) is 28.9 Å². The van der Waals surface area contributed by atoms with Crippen LogP contribution in [0.25, 0.3) is 0 Å². The van der Waals surface area contributed by atoms with Crippen LogP contribution in [0.15, 0.2) is 18.2 Å². The fourth-order valence-electron chi connectivity index (χ4n) is 1.10. The van der Waals surface area contributed by atoms with Crippen LogP contribution in [0.5, 0.6) is 0 Å². The first kappa shape index (κ1) is 11.6. The van der Waals surface area contributed by atoms with E-state index in [1.165, 1.54) is 6.07 Å². The Kier molecular flexibility index (Phi) is 4.19. The molecule has 4 heteroatoms. The molecule has 0 saturated carbocycles. The summed E-state index contributed by atoms with van der Waals surface area (Å²) in [4.78, 5) is 10.3. The molecule has 0 aliphatic carbocycles. The molecule has 15 heavy (non-hydrogen) atoms. The van der Waals surface area contributed by atoms with Crippen molar-refractivity contribution in [2.24, 2.45) is 0 Å². The quantitative estimate of drug-likeness (QED) is 0.361. The van der Waals surface area contributed by atoms with Gasteiger partial charge in [-0.25, -0.2) is 0 Å². The fraction of sp³-hybridized carbons (Fsp3) is 0.273. The van der Waals surface area contributed by atoms with Gasteiger partial charge in [-0.1, -0.05) is 17.9 Å². The maximum absolute atomic E-state index is 10.6. The van der Waals surface area contributed by atoms with E-state index >= 15 is 0 Å². The lowest BCUT2D eigenvalue weighted by atomic mass is 10.1. The molecule has 0 heterocycles. The summed E-state index contributed by atoms with van der Waals surface area (Å²) >= 11 is 4.03. The summed E-state index contributed by atoms with van der Waals surface area (Å²) < 4.78 is 0. The Morgan fingerprint density at radius 3 is 2.87 bits per heavy atom. The highest BCUT2D eigenvalue weighted by atomic mass is 32.1. The van der Waals surface area contributed by atoms with Crippen LogP contribution in [-0.2, 0) is 0 Å². The number of hydrogen-bond donors (Lipinski definition) is 1. The van der Waals surface area contributed by atoms with Gasteiger partial charge in [0.05, 0.1) is 4.92 Å². The van der Waals surface area contributed by atoms with Crippen molar-refractivity contribution in [3.8, 4) is 11.8 Å². The zero-order valence-corrected chi connectivity index (χ0v) is 9.25. The minimum Gasteiger partial charge on any atom is -0.258 e. The fourth-order valence-corrected chi connectivity index (χ4v) is 1.22. The average Bonchev–Trinajstić information content (AvgIpc) is 2.20. The molecule has 3 nitrogen and oxygen atoms in total. The van der Waals surface area contributed by atoms with E-state index in [0.717, 1.165) is 0 Å². The Balaban J connectivity index is 2.99. The molecule has 0 amide bonds. The highest BCUT2D eigenvalue weighted by molar-refractivity contribution is 7.80. The Bertz CT molecular complexity index is 432. The van der Waals surface area contributed by atoms with Gasteiger partial charge in [0.15, 0.2) is 0 Å². The standard InChI is InChI=1S/C11H11NO2S/c1-9-5-6-10(4-2-3-7-15)8-11(9)12(13)14/h5-6,8,15H,3,7H2,1H3. The minimum atomic E-state index is -0.390. The van der Waals surface area contributed by atoms with Gasteiger partial charge >= 0.3 is 0 Å². The van der Waals surface area contributed by atoms with Crippen molar-refractivity contribution < 1.29 is 4.92 Å². The Morgan fingerprint density at radius 1 is 1.53 bits per heavy atom. The Hall–Kier alpha value is -1.47. The number of nitro benzene ring substituents is 1. The van der Waals surface area contributed by atoms with Crippen molar-refractivity contribution in [2.45, 2.75) is 13.3 Å². The van der Waals surface area contributed by atoms with Crippen molar-refractivity contribution in [2.75, 3.05) is 5.75 Å². The number of thiol groups is 1. The molecule has 0 aromatic heterocycles. The molecule has 0 radical (unpaired) electrons. The lowest BCUT2D eigenvalue weighted by Gasteiger charge is -1.96. The maximum atomic E-state index is 10.6. The van der Waals surface area contributed by atoms with Gasteiger partial charge in [0.25, 0.3) is 5.69 Å². The first-order valence-electron chi connectivity index (χ1n) is 4.50. The second-order valence-corrected chi connectivity index (χ2v) is 3.48. The van der Waals surface area contributed by atoms with Crippen LogP contribution in [-0.4, -0.2) is 10.7 Å². The Labute approximate surface area is 94.1 Å². The van der Waals surface area contributed by atoms with Crippen molar-refractivity contribution in [3.05, 3.63) is 39.4 Å². The third-order valence-electron chi connectivity index (χ3n) is 1.88. The highest BCUT2D eigenvalue weighted by Gasteiger charge is 2.09. The predicted octanol–water partition coefficient (Wildman–Crippen LogP) is 2.57. The predicted molar refractivity (Wildman–Crippen MR) is 63.2 cm³/mol. The SMILES string of the molecule is Cc1ccc(C#CCCS)cc1[N+](=O)[O-]. The van der Waals surface area contributed by atoms with Crippen LogP contribution in [0.4, 0.5) is 5.69 Å². The van der Waals surface area contributed by atoms with Crippen molar-refractivity contribution in [1.82, 2.24) is 0 Å². The van der Waals surface area contributed by atoms with Gasteiger partial charge in [0.2, 0.25) is 0 Å². The number of hydrogen-bond acceptors (Lipinski definition) is 3. The summed E-state index contributed by atoms with van der Waals surface area (Å²) in [5, 5.41) is 10.6. The van der Waals surface area contributed by atoms with Gasteiger partial charge in [-0.05, 0) is 13.0 Å². The third kappa shape index (κ3) is 3.30. The number of nitrogens with zero attached hydrogens (tertiary/aromatic N) is 1. The molecule has 0 spiro atoms. The third-order valence-corrected chi connectivity index (χ3v) is 2.10. The number of nitro groups is 1. The summed E-state index contributed by atoms with van der Waals surface area (Å²) in [7, 11) is 0. The number of rotatable bonds is 2. The van der Waals surface area contributed by atoms with E-state index < -0.39 is 0 Å². The van der Waals surface area contributed by atoms with Gasteiger partial charge < -0.3 is 0 Å². The van der Waals surface area contributed by atoms with E-state index in [1.807, 2.05) is 0 Å². The minimum absolute atomic E-state index is 0.118. The van der Waals surface area contributed by atoms with Gasteiger partial charge in [0, 0.05) is 29.4 Å². The normalized spacial score (nSPS) is 9.20. The molecule has 0 aliphatic heterocycles.